The summed E-state index contributed by atoms with van der Waals surface area (Å²) in [4.78, 5) is 10.9. The smallest absolute Gasteiger partial charge is 0.129 e. The summed E-state index contributed by atoms with van der Waals surface area (Å²) < 4.78 is 5.70. The molecule has 2 heteroatoms. The highest BCUT2D eigenvalue weighted by molar-refractivity contribution is 5.75. The average Bonchev–Trinajstić information content (AvgIpc) is 2.40. The lowest BCUT2D eigenvalue weighted by Crippen LogP contribution is -1.97. The second-order valence-corrected chi connectivity index (χ2v) is 5.11. The van der Waals surface area contributed by atoms with Gasteiger partial charge in [0.05, 0.1) is 6.61 Å². The Hall–Kier alpha value is -1.31. The molecule has 0 radical (unpaired) electrons. The van der Waals surface area contributed by atoms with Crippen LogP contribution in [0, 0.1) is 0 Å². The lowest BCUT2D eigenvalue weighted by Gasteiger charge is -2.07. The van der Waals surface area contributed by atoms with Gasteiger partial charge in [-0.25, -0.2) is 0 Å². The lowest BCUT2D eigenvalue weighted by atomic mass is 10.1. The van der Waals surface area contributed by atoms with Gasteiger partial charge in [0.2, 0.25) is 0 Å². The molecular formula is C17H26O2. The summed E-state index contributed by atoms with van der Waals surface area (Å²) in [6, 6.07) is 8.26. The molecule has 0 amide bonds. The van der Waals surface area contributed by atoms with E-state index in [1.165, 1.54) is 24.8 Å². The van der Waals surface area contributed by atoms with Crippen molar-refractivity contribution in [3.8, 4) is 5.75 Å². The molecule has 0 atom stereocenters. The predicted molar refractivity (Wildman–Crippen MR) is 79.7 cm³/mol. The van der Waals surface area contributed by atoms with Crippen molar-refractivity contribution in [2.75, 3.05) is 6.61 Å². The zero-order valence-electron chi connectivity index (χ0n) is 12.3. The number of benzene rings is 1. The van der Waals surface area contributed by atoms with Crippen molar-refractivity contribution in [2.24, 2.45) is 0 Å². The van der Waals surface area contributed by atoms with E-state index >= 15 is 0 Å². The zero-order valence-corrected chi connectivity index (χ0v) is 12.3. The van der Waals surface area contributed by atoms with E-state index in [1.807, 2.05) is 12.1 Å². The summed E-state index contributed by atoms with van der Waals surface area (Å²) in [7, 11) is 0. The highest BCUT2D eigenvalue weighted by Gasteiger charge is 1.98. The van der Waals surface area contributed by atoms with E-state index in [0.29, 0.717) is 6.42 Å². The molecule has 0 aromatic heterocycles. The Morgan fingerprint density at radius 1 is 1.05 bits per heavy atom. The fraction of sp³-hybridized carbons (Fsp3) is 0.588. The van der Waals surface area contributed by atoms with Gasteiger partial charge >= 0.3 is 0 Å². The number of carbonyl (C=O) groups excluding carboxylic acids is 1. The Bertz CT molecular complexity index is 354. The highest BCUT2D eigenvalue weighted by atomic mass is 16.5. The van der Waals surface area contributed by atoms with Gasteiger partial charge in [-0.1, -0.05) is 38.3 Å². The van der Waals surface area contributed by atoms with Gasteiger partial charge < -0.3 is 9.53 Å². The van der Waals surface area contributed by atoms with Crippen LogP contribution in [0.2, 0.25) is 0 Å². The standard InChI is InChI=1S/C17H26O2/c1-3-4-5-6-14-19-17-12-10-16(11-13-17)9-7-8-15(2)18/h10-13H,3-9,14H2,1-2H3. The van der Waals surface area contributed by atoms with E-state index in [9.17, 15) is 4.79 Å². The van der Waals surface area contributed by atoms with Crippen molar-refractivity contribution < 1.29 is 9.53 Å². The Kier molecular flexibility index (Phi) is 7.95. The summed E-state index contributed by atoms with van der Waals surface area (Å²) in [6.07, 6.45) is 7.51. The number of Topliss-reactive ketones (excluding diaryl/α,β-unsaturated/α-hetero) is 1. The van der Waals surface area contributed by atoms with Crippen LogP contribution < -0.4 is 4.74 Å². The fourth-order valence-electron chi connectivity index (χ4n) is 2.01. The summed E-state index contributed by atoms with van der Waals surface area (Å²) >= 11 is 0. The summed E-state index contributed by atoms with van der Waals surface area (Å²) in [5.74, 6) is 1.22. The van der Waals surface area contributed by atoms with Crippen molar-refractivity contribution in [2.45, 2.75) is 58.8 Å². The number of aryl methyl sites for hydroxylation is 1. The van der Waals surface area contributed by atoms with Crippen molar-refractivity contribution >= 4 is 5.78 Å². The average molecular weight is 262 g/mol. The SMILES string of the molecule is CCCCCCOc1ccc(CCCC(C)=O)cc1. The van der Waals surface area contributed by atoms with Crippen LogP contribution in [0.4, 0.5) is 0 Å². The molecule has 0 N–H and O–H groups in total. The highest BCUT2D eigenvalue weighted by Crippen LogP contribution is 2.14. The van der Waals surface area contributed by atoms with Gasteiger partial charge in [0.25, 0.3) is 0 Å². The predicted octanol–water partition coefficient (Wildman–Crippen LogP) is 4.56. The molecule has 0 saturated carbocycles. The monoisotopic (exact) mass is 262 g/mol. The Labute approximate surface area is 117 Å². The number of ketones is 1. The molecule has 0 bridgehead atoms. The van der Waals surface area contributed by atoms with Crippen LogP contribution >= 0.6 is 0 Å². The third-order valence-corrected chi connectivity index (χ3v) is 3.18. The first-order valence-electron chi connectivity index (χ1n) is 7.43. The van der Waals surface area contributed by atoms with Gasteiger partial charge in [0, 0.05) is 6.42 Å². The minimum atomic E-state index is 0.270. The molecule has 0 aliphatic rings. The number of hydrogen-bond acceptors (Lipinski definition) is 2. The van der Waals surface area contributed by atoms with Crippen LogP contribution in [0.5, 0.6) is 5.75 Å². The molecule has 19 heavy (non-hydrogen) atoms. The number of unbranched alkanes of at least 4 members (excludes halogenated alkanes) is 3. The Morgan fingerprint density at radius 3 is 2.42 bits per heavy atom. The second-order valence-electron chi connectivity index (χ2n) is 5.11. The third kappa shape index (κ3) is 7.66. The Morgan fingerprint density at radius 2 is 1.79 bits per heavy atom. The van der Waals surface area contributed by atoms with Gasteiger partial charge in [-0.15, -0.1) is 0 Å². The Balaban J connectivity index is 2.21. The van der Waals surface area contributed by atoms with E-state index < -0.39 is 0 Å². The molecule has 0 heterocycles. The molecule has 2 nitrogen and oxygen atoms in total. The lowest BCUT2D eigenvalue weighted by molar-refractivity contribution is -0.117. The van der Waals surface area contributed by atoms with Crippen LogP contribution in [0.25, 0.3) is 0 Å². The van der Waals surface area contributed by atoms with Gasteiger partial charge in [-0.3, -0.25) is 0 Å². The minimum Gasteiger partial charge on any atom is -0.494 e. The van der Waals surface area contributed by atoms with Crippen molar-refractivity contribution in [1.82, 2.24) is 0 Å². The number of ether oxygens (including phenoxy) is 1. The first-order chi connectivity index (χ1) is 9.22. The minimum absolute atomic E-state index is 0.270. The van der Waals surface area contributed by atoms with E-state index in [1.54, 1.807) is 6.92 Å². The van der Waals surface area contributed by atoms with Gasteiger partial charge in [0.1, 0.15) is 11.5 Å². The molecule has 106 valence electrons. The molecule has 0 saturated heterocycles. The molecule has 0 aliphatic heterocycles. The van der Waals surface area contributed by atoms with Crippen molar-refractivity contribution in [3.05, 3.63) is 29.8 Å². The molecule has 0 unspecified atom stereocenters. The van der Waals surface area contributed by atoms with Gasteiger partial charge in [0.15, 0.2) is 0 Å². The largest absolute Gasteiger partial charge is 0.494 e. The maximum Gasteiger partial charge on any atom is 0.129 e. The molecule has 0 spiro atoms. The molecule has 1 rings (SSSR count). The van der Waals surface area contributed by atoms with Crippen LogP contribution in [-0.2, 0) is 11.2 Å². The second kappa shape index (κ2) is 9.60. The molecule has 0 aliphatic carbocycles. The maximum atomic E-state index is 10.9. The van der Waals surface area contributed by atoms with Crippen LogP contribution in [0.15, 0.2) is 24.3 Å². The van der Waals surface area contributed by atoms with Crippen LogP contribution in [-0.4, -0.2) is 12.4 Å². The van der Waals surface area contributed by atoms with Crippen LogP contribution in [0.1, 0.15) is 57.9 Å². The topological polar surface area (TPSA) is 26.3 Å². The number of carbonyl (C=O) groups is 1. The molecule has 1 aromatic carbocycles. The number of rotatable bonds is 10. The van der Waals surface area contributed by atoms with E-state index in [-0.39, 0.29) is 5.78 Å². The van der Waals surface area contributed by atoms with E-state index in [4.69, 9.17) is 4.74 Å². The first kappa shape index (κ1) is 15.7. The third-order valence-electron chi connectivity index (χ3n) is 3.18. The zero-order chi connectivity index (χ0) is 13.9. The van der Waals surface area contributed by atoms with Crippen LogP contribution in [0.3, 0.4) is 0 Å². The molecule has 1 aromatic rings. The summed E-state index contributed by atoms with van der Waals surface area (Å²) in [5.41, 5.74) is 1.28. The summed E-state index contributed by atoms with van der Waals surface area (Å²) in [6.45, 7) is 4.67. The summed E-state index contributed by atoms with van der Waals surface area (Å²) in [5, 5.41) is 0. The quantitative estimate of drug-likeness (QED) is 0.578. The molecule has 0 fully saturated rings. The number of hydrogen-bond donors (Lipinski definition) is 0. The first-order valence-corrected chi connectivity index (χ1v) is 7.43. The van der Waals surface area contributed by atoms with Gasteiger partial charge in [-0.05, 0) is 43.9 Å². The van der Waals surface area contributed by atoms with Gasteiger partial charge in [-0.2, -0.15) is 0 Å². The van der Waals surface area contributed by atoms with Crippen molar-refractivity contribution in [1.29, 1.82) is 0 Å². The van der Waals surface area contributed by atoms with E-state index in [0.717, 1.165) is 31.6 Å². The van der Waals surface area contributed by atoms with E-state index in [2.05, 4.69) is 19.1 Å². The normalized spacial score (nSPS) is 10.4. The molecular weight excluding hydrogens is 236 g/mol. The maximum absolute atomic E-state index is 10.9. The fourth-order valence-corrected chi connectivity index (χ4v) is 2.01. The van der Waals surface area contributed by atoms with Crippen molar-refractivity contribution in [3.63, 3.8) is 0 Å².